The molecule has 0 bridgehead atoms. The molecule has 4 rings (SSSR count). The highest BCUT2D eigenvalue weighted by molar-refractivity contribution is 6.02. The van der Waals surface area contributed by atoms with Crippen molar-refractivity contribution in [3.05, 3.63) is 66.5 Å². The van der Waals surface area contributed by atoms with Gasteiger partial charge in [0, 0.05) is 11.8 Å². The van der Waals surface area contributed by atoms with Crippen LogP contribution in [0.3, 0.4) is 0 Å². The molecule has 27 heavy (non-hydrogen) atoms. The van der Waals surface area contributed by atoms with Crippen molar-refractivity contribution in [3.63, 3.8) is 0 Å². The van der Waals surface area contributed by atoms with Crippen LogP contribution in [0.15, 0.2) is 60.8 Å². The molecule has 1 aliphatic heterocycles. The van der Waals surface area contributed by atoms with Crippen LogP contribution in [0.2, 0.25) is 0 Å². The van der Waals surface area contributed by atoms with Crippen molar-refractivity contribution in [1.29, 1.82) is 0 Å². The third kappa shape index (κ3) is 4.32. The molecule has 1 saturated heterocycles. The molecule has 0 spiro atoms. The van der Waals surface area contributed by atoms with E-state index in [1.54, 1.807) is 16.9 Å². The molecule has 0 unspecified atom stereocenters. The summed E-state index contributed by atoms with van der Waals surface area (Å²) in [4.78, 5) is 12.5. The van der Waals surface area contributed by atoms with Gasteiger partial charge in [0.25, 0.3) is 5.91 Å². The van der Waals surface area contributed by atoms with Gasteiger partial charge in [0.15, 0.2) is 5.69 Å². The maximum absolute atomic E-state index is 12.5. The molecule has 1 amide bonds. The van der Waals surface area contributed by atoms with Gasteiger partial charge < -0.3 is 15.4 Å². The predicted octanol–water partition coefficient (Wildman–Crippen LogP) is 3.25. The van der Waals surface area contributed by atoms with E-state index in [-0.39, 0.29) is 5.91 Å². The number of para-hydroxylation sites is 1. The first-order chi connectivity index (χ1) is 13.3. The van der Waals surface area contributed by atoms with Crippen molar-refractivity contribution >= 4 is 11.6 Å². The van der Waals surface area contributed by atoms with Crippen LogP contribution in [0.5, 0.6) is 11.5 Å². The zero-order valence-electron chi connectivity index (χ0n) is 14.8. The molecule has 2 aromatic carbocycles. The summed E-state index contributed by atoms with van der Waals surface area (Å²) in [6.45, 7) is 1.92. The highest BCUT2D eigenvalue weighted by atomic mass is 16.5. The number of rotatable bonds is 5. The van der Waals surface area contributed by atoms with E-state index in [1.165, 1.54) is 0 Å². The van der Waals surface area contributed by atoms with Gasteiger partial charge in [0.1, 0.15) is 11.5 Å². The summed E-state index contributed by atoms with van der Waals surface area (Å²) < 4.78 is 7.60. The molecule has 1 aliphatic rings. The minimum atomic E-state index is -0.285. The molecule has 1 aromatic heterocycles. The topological polar surface area (TPSA) is 81.1 Å². The van der Waals surface area contributed by atoms with Gasteiger partial charge in [0.05, 0.1) is 12.2 Å². The zero-order valence-corrected chi connectivity index (χ0v) is 14.8. The fourth-order valence-electron chi connectivity index (χ4n) is 3.09. The molecular weight excluding hydrogens is 342 g/mol. The second-order valence-electron chi connectivity index (χ2n) is 6.46. The Kier molecular flexibility index (Phi) is 5.11. The fourth-order valence-corrected chi connectivity index (χ4v) is 3.09. The normalized spacial score (nSPS) is 14.7. The maximum atomic E-state index is 12.5. The fraction of sp³-hybridized carbons (Fsp3) is 0.250. The highest BCUT2D eigenvalue weighted by Crippen LogP contribution is 2.24. The third-order valence-corrected chi connectivity index (χ3v) is 4.50. The molecule has 0 radical (unpaired) electrons. The monoisotopic (exact) mass is 363 g/mol. The standard InChI is InChI=1S/C20H21N5O2/c26-20(19-14-25(24-23-19)16-9-11-21-12-10-16)22-15-5-4-8-18(13-15)27-17-6-2-1-3-7-17/h1-8,13-14,16,21H,9-12H2,(H,22,26). The smallest absolute Gasteiger partial charge is 0.277 e. The number of nitrogens with one attached hydrogen (secondary N) is 2. The first-order valence-corrected chi connectivity index (χ1v) is 9.05. The highest BCUT2D eigenvalue weighted by Gasteiger charge is 2.18. The predicted molar refractivity (Wildman–Crippen MR) is 102 cm³/mol. The molecule has 3 aromatic rings. The SMILES string of the molecule is O=C(Nc1cccc(Oc2ccccc2)c1)c1cn(C2CCNCC2)nn1. The molecule has 1 fully saturated rings. The Morgan fingerprint density at radius 2 is 1.85 bits per heavy atom. The number of aromatic nitrogens is 3. The van der Waals surface area contributed by atoms with E-state index in [9.17, 15) is 4.79 Å². The van der Waals surface area contributed by atoms with E-state index in [0.29, 0.717) is 23.2 Å². The lowest BCUT2D eigenvalue weighted by Gasteiger charge is -2.22. The number of carbonyl (C=O) groups excluding carboxylic acids is 1. The van der Waals surface area contributed by atoms with Gasteiger partial charge in [-0.15, -0.1) is 5.10 Å². The number of benzene rings is 2. The molecule has 7 heteroatoms. The van der Waals surface area contributed by atoms with E-state index in [2.05, 4.69) is 20.9 Å². The molecule has 7 nitrogen and oxygen atoms in total. The van der Waals surface area contributed by atoms with Crippen molar-refractivity contribution in [3.8, 4) is 11.5 Å². The van der Waals surface area contributed by atoms with Crippen LogP contribution in [0, 0.1) is 0 Å². The van der Waals surface area contributed by atoms with Gasteiger partial charge >= 0.3 is 0 Å². The lowest BCUT2D eigenvalue weighted by Crippen LogP contribution is -2.29. The van der Waals surface area contributed by atoms with Crippen LogP contribution in [0.4, 0.5) is 5.69 Å². The minimum absolute atomic E-state index is 0.285. The van der Waals surface area contributed by atoms with E-state index in [0.717, 1.165) is 31.7 Å². The number of piperidine rings is 1. The Morgan fingerprint density at radius 3 is 2.67 bits per heavy atom. The van der Waals surface area contributed by atoms with Crippen LogP contribution in [0.25, 0.3) is 0 Å². The average molecular weight is 363 g/mol. The second-order valence-corrected chi connectivity index (χ2v) is 6.46. The molecule has 0 aliphatic carbocycles. The van der Waals surface area contributed by atoms with Crippen LogP contribution in [-0.4, -0.2) is 34.0 Å². The van der Waals surface area contributed by atoms with E-state index in [4.69, 9.17) is 4.74 Å². The molecule has 138 valence electrons. The van der Waals surface area contributed by atoms with Gasteiger partial charge in [-0.25, -0.2) is 4.68 Å². The van der Waals surface area contributed by atoms with Gasteiger partial charge in [0.2, 0.25) is 0 Å². The third-order valence-electron chi connectivity index (χ3n) is 4.50. The first-order valence-electron chi connectivity index (χ1n) is 9.05. The summed E-state index contributed by atoms with van der Waals surface area (Å²) in [6, 6.07) is 17.1. The van der Waals surface area contributed by atoms with Gasteiger partial charge in [-0.05, 0) is 50.2 Å². The average Bonchev–Trinajstić information content (AvgIpc) is 3.20. The molecule has 0 saturated carbocycles. The second kappa shape index (κ2) is 8.01. The quantitative estimate of drug-likeness (QED) is 0.727. The molecule has 2 N–H and O–H groups in total. The van der Waals surface area contributed by atoms with E-state index >= 15 is 0 Å². The van der Waals surface area contributed by atoms with Crippen molar-refractivity contribution in [2.75, 3.05) is 18.4 Å². The number of carbonyl (C=O) groups is 1. The van der Waals surface area contributed by atoms with Crippen molar-refractivity contribution in [2.45, 2.75) is 18.9 Å². The summed E-state index contributed by atoms with van der Waals surface area (Å²) >= 11 is 0. The first kappa shape index (κ1) is 17.2. The molecular formula is C20H21N5O2. The zero-order chi connectivity index (χ0) is 18.5. The summed E-state index contributed by atoms with van der Waals surface area (Å²) in [7, 11) is 0. The molecule has 0 atom stereocenters. The summed E-state index contributed by atoms with van der Waals surface area (Å²) in [5.41, 5.74) is 0.952. The lowest BCUT2D eigenvalue weighted by molar-refractivity contribution is 0.102. The van der Waals surface area contributed by atoms with E-state index in [1.807, 2.05) is 48.5 Å². The minimum Gasteiger partial charge on any atom is -0.457 e. The number of ether oxygens (including phenoxy) is 1. The Labute approximate surface area is 157 Å². The summed E-state index contributed by atoms with van der Waals surface area (Å²) in [6.07, 6.45) is 3.70. The van der Waals surface area contributed by atoms with Crippen molar-refractivity contribution in [2.24, 2.45) is 0 Å². The largest absolute Gasteiger partial charge is 0.457 e. The Morgan fingerprint density at radius 1 is 1.07 bits per heavy atom. The number of hydrogen-bond donors (Lipinski definition) is 2. The van der Waals surface area contributed by atoms with Crippen LogP contribution in [0.1, 0.15) is 29.4 Å². The summed E-state index contributed by atoms with van der Waals surface area (Å²) in [5.74, 6) is 1.11. The summed E-state index contributed by atoms with van der Waals surface area (Å²) in [5, 5.41) is 14.3. The lowest BCUT2D eigenvalue weighted by atomic mass is 10.1. The number of amides is 1. The van der Waals surface area contributed by atoms with Crippen molar-refractivity contribution < 1.29 is 9.53 Å². The van der Waals surface area contributed by atoms with Crippen LogP contribution in [-0.2, 0) is 0 Å². The van der Waals surface area contributed by atoms with Crippen LogP contribution < -0.4 is 15.4 Å². The maximum Gasteiger partial charge on any atom is 0.277 e. The Hall–Kier alpha value is -3.19. The number of anilines is 1. The Balaban J connectivity index is 1.42. The molecule has 2 heterocycles. The van der Waals surface area contributed by atoms with E-state index < -0.39 is 0 Å². The van der Waals surface area contributed by atoms with Crippen molar-refractivity contribution in [1.82, 2.24) is 20.3 Å². The van der Waals surface area contributed by atoms with Gasteiger partial charge in [-0.1, -0.05) is 29.5 Å². The Bertz CT molecular complexity index is 904. The van der Waals surface area contributed by atoms with Crippen LogP contribution >= 0.6 is 0 Å². The van der Waals surface area contributed by atoms with Gasteiger partial charge in [-0.2, -0.15) is 0 Å². The van der Waals surface area contributed by atoms with Gasteiger partial charge in [-0.3, -0.25) is 4.79 Å². The number of nitrogens with zero attached hydrogens (tertiary/aromatic N) is 3. The number of hydrogen-bond acceptors (Lipinski definition) is 5.